The first-order valence-electron chi connectivity index (χ1n) is 9.32. The molecule has 0 bridgehead atoms. The summed E-state index contributed by atoms with van der Waals surface area (Å²) in [6, 6.07) is 10.1. The molecule has 0 unspecified atom stereocenters. The van der Waals surface area contributed by atoms with Crippen LogP contribution in [0.2, 0.25) is 0 Å². The van der Waals surface area contributed by atoms with Crippen molar-refractivity contribution in [2.75, 3.05) is 13.1 Å². The van der Waals surface area contributed by atoms with Gasteiger partial charge in [-0.05, 0) is 49.0 Å². The quantitative estimate of drug-likeness (QED) is 0.678. The van der Waals surface area contributed by atoms with E-state index in [0.717, 1.165) is 12.8 Å². The van der Waals surface area contributed by atoms with Crippen molar-refractivity contribution in [3.8, 4) is 0 Å². The highest BCUT2D eigenvalue weighted by Crippen LogP contribution is 2.35. The van der Waals surface area contributed by atoms with Crippen molar-refractivity contribution < 1.29 is 9.59 Å². The summed E-state index contributed by atoms with van der Waals surface area (Å²) in [4.78, 5) is 23.7. The number of hydrogen-bond donors (Lipinski definition) is 3. The molecule has 2 amide bonds. The fraction of sp³-hybridized carbons (Fsp3) is 0.600. The van der Waals surface area contributed by atoms with Gasteiger partial charge in [-0.1, -0.05) is 44.2 Å². The number of carbonyl (C=O) groups is 2. The molecule has 1 atom stereocenters. The van der Waals surface area contributed by atoms with Gasteiger partial charge in [-0.3, -0.25) is 9.59 Å². The van der Waals surface area contributed by atoms with Crippen molar-refractivity contribution in [2.24, 2.45) is 17.6 Å². The van der Waals surface area contributed by atoms with Crippen LogP contribution in [0.5, 0.6) is 0 Å². The van der Waals surface area contributed by atoms with Crippen LogP contribution >= 0.6 is 12.4 Å². The molecule has 1 aromatic rings. The highest BCUT2D eigenvalue weighted by Gasteiger charge is 2.23. The molecule has 146 valence electrons. The Balaban J connectivity index is 0.00000338. The summed E-state index contributed by atoms with van der Waals surface area (Å²) in [5, 5.41) is 5.54. The largest absolute Gasteiger partial charge is 0.354 e. The summed E-state index contributed by atoms with van der Waals surface area (Å²) < 4.78 is 0. The molecule has 0 aliphatic heterocycles. The van der Waals surface area contributed by atoms with Gasteiger partial charge in [0.25, 0.3) is 0 Å². The van der Waals surface area contributed by atoms with Crippen molar-refractivity contribution in [2.45, 2.75) is 51.5 Å². The Bertz CT molecular complexity index is 557. The molecule has 5 nitrogen and oxygen atoms in total. The van der Waals surface area contributed by atoms with Crippen molar-refractivity contribution in [3.63, 3.8) is 0 Å². The van der Waals surface area contributed by atoms with E-state index in [1.807, 2.05) is 13.8 Å². The number of nitrogens with one attached hydrogen (secondary N) is 2. The van der Waals surface area contributed by atoms with Gasteiger partial charge < -0.3 is 16.4 Å². The lowest BCUT2D eigenvalue weighted by molar-refractivity contribution is -0.127. The summed E-state index contributed by atoms with van der Waals surface area (Å²) >= 11 is 0. The van der Waals surface area contributed by atoms with Crippen LogP contribution in [0.25, 0.3) is 0 Å². The minimum atomic E-state index is -0.568. The molecule has 0 radical (unpaired) electrons. The normalized spacial score (nSPS) is 20.8. The van der Waals surface area contributed by atoms with Crippen LogP contribution in [-0.2, 0) is 9.59 Å². The third-order valence-corrected chi connectivity index (χ3v) is 5.15. The topological polar surface area (TPSA) is 84.2 Å². The Kier molecular flexibility index (Phi) is 9.66. The number of amides is 2. The van der Waals surface area contributed by atoms with E-state index in [-0.39, 0.29) is 36.7 Å². The average molecular weight is 382 g/mol. The lowest BCUT2D eigenvalue weighted by atomic mass is 9.79. The van der Waals surface area contributed by atoms with E-state index in [1.54, 1.807) is 0 Å². The summed E-state index contributed by atoms with van der Waals surface area (Å²) in [5.74, 6) is 0.813. The van der Waals surface area contributed by atoms with E-state index in [2.05, 4.69) is 41.0 Å². The molecule has 1 aromatic carbocycles. The van der Waals surface area contributed by atoms with Crippen LogP contribution in [0.1, 0.15) is 51.0 Å². The van der Waals surface area contributed by atoms with Crippen molar-refractivity contribution in [3.05, 3.63) is 35.9 Å². The van der Waals surface area contributed by atoms with Gasteiger partial charge in [0, 0.05) is 6.54 Å². The summed E-state index contributed by atoms with van der Waals surface area (Å²) in [5.41, 5.74) is 7.18. The van der Waals surface area contributed by atoms with Crippen LogP contribution in [0.15, 0.2) is 30.3 Å². The molecule has 0 aromatic heterocycles. The molecule has 1 fully saturated rings. The molecule has 6 heteroatoms. The molecule has 0 heterocycles. The third-order valence-electron chi connectivity index (χ3n) is 5.15. The van der Waals surface area contributed by atoms with Gasteiger partial charge in [0.15, 0.2) is 0 Å². The average Bonchev–Trinajstić information content (AvgIpc) is 2.64. The predicted octanol–water partition coefficient (Wildman–Crippen LogP) is 2.60. The lowest BCUT2D eigenvalue weighted by Crippen LogP contribution is -2.47. The zero-order valence-electron chi connectivity index (χ0n) is 15.7. The first kappa shape index (κ1) is 22.5. The Hall–Kier alpha value is -1.59. The van der Waals surface area contributed by atoms with E-state index >= 15 is 0 Å². The SMILES string of the molecule is CC(C)[C@H](N)C(=O)NCC(=O)NCC1CCC(c2ccccc2)CC1.Cl. The predicted molar refractivity (Wildman–Crippen MR) is 107 cm³/mol. The number of hydrogen-bond acceptors (Lipinski definition) is 3. The standard InChI is InChI=1S/C20H31N3O2.ClH/c1-14(2)19(21)20(25)23-13-18(24)22-12-15-8-10-17(11-9-15)16-6-4-3-5-7-16;/h3-7,14-15,17,19H,8-13,21H2,1-2H3,(H,22,24)(H,23,25);1H/t15?,17?,19-;/m0./s1. The second-order valence-corrected chi connectivity index (χ2v) is 7.42. The van der Waals surface area contributed by atoms with Crippen molar-refractivity contribution >= 4 is 24.2 Å². The van der Waals surface area contributed by atoms with Gasteiger partial charge >= 0.3 is 0 Å². The molecule has 0 spiro atoms. The Morgan fingerprint density at radius 2 is 1.69 bits per heavy atom. The van der Waals surface area contributed by atoms with E-state index in [9.17, 15) is 9.59 Å². The van der Waals surface area contributed by atoms with Crippen LogP contribution in [0, 0.1) is 11.8 Å². The number of rotatable bonds is 7. The zero-order valence-corrected chi connectivity index (χ0v) is 16.6. The summed E-state index contributed by atoms with van der Waals surface area (Å²) in [6.45, 7) is 4.46. The molecule has 4 N–H and O–H groups in total. The van der Waals surface area contributed by atoms with Gasteiger partial charge in [0.1, 0.15) is 0 Å². The lowest BCUT2D eigenvalue weighted by Gasteiger charge is -2.29. The zero-order chi connectivity index (χ0) is 18.2. The van der Waals surface area contributed by atoms with Gasteiger partial charge in [0.2, 0.25) is 11.8 Å². The van der Waals surface area contributed by atoms with Crippen LogP contribution in [0.4, 0.5) is 0 Å². The van der Waals surface area contributed by atoms with Gasteiger partial charge in [-0.15, -0.1) is 12.4 Å². The highest BCUT2D eigenvalue weighted by molar-refractivity contribution is 5.87. The van der Waals surface area contributed by atoms with Crippen LogP contribution < -0.4 is 16.4 Å². The molecule has 0 saturated heterocycles. The summed E-state index contributed by atoms with van der Waals surface area (Å²) in [6.07, 6.45) is 4.60. The molecule has 1 saturated carbocycles. The fourth-order valence-electron chi connectivity index (χ4n) is 3.33. The monoisotopic (exact) mass is 381 g/mol. The van der Waals surface area contributed by atoms with E-state index < -0.39 is 6.04 Å². The van der Waals surface area contributed by atoms with E-state index in [1.165, 1.54) is 18.4 Å². The first-order chi connectivity index (χ1) is 12.0. The van der Waals surface area contributed by atoms with Crippen molar-refractivity contribution in [1.29, 1.82) is 0 Å². The first-order valence-corrected chi connectivity index (χ1v) is 9.32. The molecular formula is C20H32ClN3O2. The Labute approximate surface area is 162 Å². The van der Waals surface area contributed by atoms with E-state index in [0.29, 0.717) is 18.4 Å². The Morgan fingerprint density at radius 3 is 2.27 bits per heavy atom. The molecule has 26 heavy (non-hydrogen) atoms. The fourth-order valence-corrected chi connectivity index (χ4v) is 3.33. The van der Waals surface area contributed by atoms with E-state index in [4.69, 9.17) is 5.73 Å². The van der Waals surface area contributed by atoms with Crippen LogP contribution in [-0.4, -0.2) is 30.9 Å². The number of benzene rings is 1. The van der Waals surface area contributed by atoms with Gasteiger partial charge in [0.05, 0.1) is 12.6 Å². The maximum Gasteiger partial charge on any atom is 0.239 e. The molecule has 1 aliphatic rings. The number of halogens is 1. The summed E-state index contributed by atoms with van der Waals surface area (Å²) in [7, 11) is 0. The smallest absolute Gasteiger partial charge is 0.239 e. The number of carbonyl (C=O) groups excluding carboxylic acids is 2. The molecular weight excluding hydrogens is 350 g/mol. The maximum absolute atomic E-state index is 11.9. The molecule has 1 aliphatic carbocycles. The minimum Gasteiger partial charge on any atom is -0.354 e. The maximum atomic E-state index is 11.9. The molecule has 2 rings (SSSR count). The second kappa shape index (κ2) is 11.2. The van der Waals surface area contributed by atoms with Gasteiger partial charge in [-0.2, -0.15) is 0 Å². The van der Waals surface area contributed by atoms with Crippen LogP contribution in [0.3, 0.4) is 0 Å². The van der Waals surface area contributed by atoms with Crippen molar-refractivity contribution in [1.82, 2.24) is 10.6 Å². The second-order valence-electron chi connectivity index (χ2n) is 7.42. The Morgan fingerprint density at radius 1 is 1.08 bits per heavy atom. The third kappa shape index (κ3) is 6.96. The number of nitrogens with two attached hydrogens (primary N) is 1. The highest BCUT2D eigenvalue weighted by atomic mass is 35.5. The minimum absolute atomic E-state index is 0. The van der Waals surface area contributed by atoms with Gasteiger partial charge in [-0.25, -0.2) is 0 Å².